The predicted octanol–water partition coefficient (Wildman–Crippen LogP) is 3.51. The summed E-state index contributed by atoms with van der Waals surface area (Å²) in [6.07, 6.45) is 4.89. The standard InChI is InChI=1S/C13H15BrFNO/c14-12-10(5-2-6-11(12)15)13(17)16-8-7-9-3-1-4-9/h2,5-6,9H,1,3-4,7-8H2,(H,16,17). The summed E-state index contributed by atoms with van der Waals surface area (Å²) in [5.74, 6) is 0.151. The van der Waals surface area contributed by atoms with E-state index in [0.717, 1.165) is 12.3 Å². The lowest BCUT2D eigenvalue weighted by molar-refractivity contribution is 0.0947. The molecule has 1 N–H and O–H groups in total. The molecule has 0 aromatic heterocycles. The van der Waals surface area contributed by atoms with Gasteiger partial charge in [0, 0.05) is 6.54 Å². The van der Waals surface area contributed by atoms with E-state index in [1.54, 1.807) is 12.1 Å². The Labute approximate surface area is 109 Å². The van der Waals surface area contributed by atoms with E-state index in [-0.39, 0.29) is 10.4 Å². The zero-order valence-corrected chi connectivity index (χ0v) is 11.1. The smallest absolute Gasteiger partial charge is 0.252 e. The summed E-state index contributed by atoms with van der Waals surface area (Å²) >= 11 is 3.09. The molecule has 0 radical (unpaired) electrons. The van der Waals surface area contributed by atoms with Gasteiger partial charge in [0.25, 0.3) is 5.91 Å². The van der Waals surface area contributed by atoms with E-state index in [4.69, 9.17) is 0 Å². The second-order valence-electron chi connectivity index (χ2n) is 4.44. The van der Waals surface area contributed by atoms with Gasteiger partial charge in [-0.2, -0.15) is 0 Å². The van der Waals surface area contributed by atoms with E-state index in [0.29, 0.717) is 12.1 Å². The van der Waals surface area contributed by atoms with Crippen LogP contribution in [0, 0.1) is 11.7 Å². The van der Waals surface area contributed by atoms with Crippen LogP contribution in [0.4, 0.5) is 4.39 Å². The van der Waals surface area contributed by atoms with Crippen molar-refractivity contribution in [1.29, 1.82) is 0 Å². The molecule has 17 heavy (non-hydrogen) atoms. The molecule has 0 spiro atoms. The maximum Gasteiger partial charge on any atom is 0.252 e. The number of carbonyl (C=O) groups is 1. The van der Waals surface area contributed by atoms with Crippen LogP contribution in [0.2, 0.25) is 0 Å². The fraction of sp³-hybridized carbons (Fsp3) is 0.462. The minimum Gasteiger partial charge on any atom is -0.352 e. The highest BCUT2D eigenvalue weighted by Crippen LogP contribution is 2.28. The Morgan fingerprint density at radius 3 is 2.88 bits per heavy atom. The van der Waals surface area contributed by atoms with Crippen molar-refractivity contribution in [2.24, 2.45) is 5.92 Å². The van der Waals surface area contributed by atoms with Crippen LogP contribution in [0.15, 0.2) is 22.7 Å². The second-order valence-corrected chi connectivity index (χ2v) is 5.24. The number of halogens is 2. The summed E-state index contributed by atoms with van der Waals surface area (Å²) in [7, 11) is 0. The lowest BCUT2D eigenvalue weighted by atomic mass is 9.83. The first-order valence-electron chi connectivity index (χ1n) is 5.90. The Hall–Kier alpha value is -0.900. The quantitative estimate of drug-likeness (QED) is 0.906. The number of carbonyl (C=O) groups excluding carboxylic acids is 1. The summed E-state index contributed by atoms with van der Waals surface area (Å²) in [5.41, 5.74) is 0.360. The highest BCUT2D eigenvalue weighted by molar-refractivity contribution is 9.10. The summed E-state index contributed by atoms with van der Waals surface area (Å²) in [4.78, 5) is 11.8. The Kier molecular flexibility index (Phi) is 4.15. The fourth-order valence-corrected chi connectivity index (χ4v) is 2.39. The summed E-state index contributed by atoms with van der Waals surface area (Å²) in [6.45, 7) is 0.673. The van der Waals surface area contributed by atoms with Crippen LogP contribution in [0.5, 0.6) is 0 Å². The average Bonchev–Trinajstić information content (AvgIpc) is 2.25. The maximum atomic E-state index is 13.2. The van der Waals surface area contributed by atoms with Crippen LogP contribution in [0.1, 0.15) is 36.0 Å². The van der Waals surface area contributed by atoms with Gasteiger partial charge in [0.05, 0.1) is 10.0 Å². The van der Waals surface area contributed by atoms with Gasteiger partial charge in [0.2, 0.25) is 0 Å². The number of hydrogen-bond donors (Lipinski definition) is 1. The van der Waals surface area contributed by atoms with Gasteiger partial charge in [-0.25, -0.2) is 4.39 Å². The Balaban J connectivity index is 1.87. The first kappa shape index (κ1) is 12.6. The third-order valence-corrected chi connectivity index (χ3v) is 4.07. The van der Waals surface area contributed by atoms with Crippen LogP contribution >= 0.6 is 15.9 Å². The van der Waals surface area contributed by atoms with Crippen molar-refractivity contribution in [3.05, 3.63) is 34.1 Å². The molecule has 1 aliphatic carbocycles. The number of rotatable bonds is 4. The average molecular weight is 300 g/mol. The van der Waals surface area contributed by atoms with Gasteiger partial charge in [0.15, 0.2) is 0 Å². The Morgan fingerprint density at radius 1 is 1.47 bits per heavy atom. The summed E-state index contributed by atoms with van der Waals surface area (Å²) < 4.78 is 13.5. The van der Waals surface area contributed by atoms with Crippen molar-refractivity contribution >= 4 is 21.8 Å². The van der Waals surface area contributed by atoms with Crippen molar-refractivity contribution in [3.63, 3.8) is 0 Å². The van der Waals surface area contributed by atoms with Crippen LogP contribution in [-0.4, -0.2) is 12.5 Å². The van der Waals surface area contributed by atoms with Gasteiger partial charge >= 0.3 is 0 Å². The molecule has 1 amide bonds. The number of nitrogens with one attached hydrogen (secondary N) is 1. The normalized spacial score (nSPS) is 15.4. The maximum absolute atomic E-state index is 13.2. The molecule has 1 fully saturated rings. The molecular formula is C13H15BrFNO. The minimum atomic E-state index is -0.406. The number of amides is 1. The molecule has 0 bridgehead atoms. The molecule has 92 valence electrons. The monoisotopic (exact) mass is 299 g/mol. The molecule has 0 unspecified atom stereocenters. The van der Waals surface area contributed by atoms with E-state index in [2.05, 4.69) is 21.2 Å². The number of benzene rings is 1. The first-order chi connectivity index (χ1) is 8.18. The minimum absolute atomic E-state index is 0.212. The van der Waals surface area contributed by atoms with Crippen molar-refractivity contribution in [1.82, 2.24) is 5.32 Å². The molecule has 1 saturated carbocycles. The molecule has 4 heteroatoms. The molecule has 1 aliphatic rings. The fourth-order valence-electron chi connectivity index (χ4n) is 1.95. The summed E-state index contributed by atoms with van der Waals surface area (Å²) in [5, 5.41) is 2.83. The molecule has 2 rings (SSSR count). The van der Waals surface area contributed by atoms with Gasteiger partial charge in [-0.1, -0.05) is 25.3 Å². The molecular weight excluding hydrogens is 285 g/mol. The van der Waals surface area contributed by atoms with Gasteiger partial charge < -0.3 is 5.32 Å². The molecule has 0 heterocycles. The lowest BCUT2D eigenvalue weighted by Gasteiger charge is -2.25. The van der Waals surface area contributed by atoms with E-state index in [9.17, 15) is 9.18 Å². The second kappa shape index (κ2) is 5.63. The number of hydrogen-bond acceptors (Lipinski definition) is 1. The first-order valence-corrected chi connectivity index (χ1v) is 6.70. The van der Waals surface area contributed by atoms with Crippen LogP contribution in [-0.2, 0) is 0 Å². The molecule has 1 aromatic carbocycles. The van der Waals surface area contributed by atoms with Crippen LogP contribution < -0.4 is 5.32 Å². The van der Waals surface area contributed by atoms with Gasteiger partial charge in [-0.05, 0) is 40.4 Å². The van der Waals surface area contributed by atoms with Crippen molar-refractivity contribution in [3.8, 4) is 0 Å². The molecule has 0 atom stereocenters. The molecule has 2 nitrogen and oxygen atoms in total. The van der Waals surface area contributed by atoms with Gasteiger partial charge in [0.1, 0.15) is 5.82 Å². The van der Waals surface area contributed by atoms with Crippen LogP contribution in [0.3, 0.4) is 0 Å². The van der Waals surface area contributed by atoms with Crippen molar-refractivity contribution in [2.75, 3.05) is 6.54 Å². The Bertz CT molecular complexity index is 418. The van der Waals surface area contributed by atoms with E-state index in [1.807, 2.05) is 0 Å². The molecule has 1 aromatic rings. The molecule has 0 aliphatic heterocycles. The largest absolute Gasteiger partial charge is 0.352 e. The predicted molar refractivity (Wildman–Crippen MR) is 68.4 cm³/mol. The van der Waals surface area contributed by atoms with E-state index >= 15 is 0 Å². The third kappa shape index (κ3) is 3.06. The van der Waals surface area contributed by atoms with E-state index < -0.39 is 5.82 Å². The Morgan fingerprint density at radius 2 is 2.24 bits per heavy atom. The molecule has 0 saturated heterocycles. The van der Waals surface area contributed by atoms with E-state index in [1.165, 1.54) is 25.3 Å². The van der Waals surface area contributed by atoms with Gasteiger partial charge in [-0.3, -0.25) is 4.79 Å². The topological polar surface area (TPSA) is 29.1 Å². The van der Waals surface area contributed by atoms with Crippen molar-refractivity contribution < 1.29 is 9.18 Å². The third-order valence-electron chi connectivity index (χ3n) is 3.26. The zero-order valence-electron chi connectivity index (χ0n) is 9.51. The lowest BCUT2D eigenvalue weighted by Crippen LogP contribution is -2.27. The highest BCUT2D eigenvalue weighted by Gasteiger charge is 2.18. The summed E-state index contributed by atoms with van der Waals surface area (Å²) in [6, 6.07) is 4.49. The highest BCUT2D eigenvalue weighted by atomic mass is 79.9. The van der Waals surface area contributed by atoms with Crippen molar-refractivity contribution in [2.45, 2.75) is 25.7 Å². The van der Waals surface area contributed by atoms with Crippen LogP contribution in [0.25, 0.3) is 0 Å². The SMILES string of the molecule is O=C(NCCC1CCC1)c1cccc(F)c1Br. The van der Waals surface area contributed by atoms with Gasteiger partial charge in [-0.15, -0.1) is 0 Å². The zero-order chi connectivity index (χ0) is 12.3.